The molecule has 2 heterocycles. The average molecular weight is 204 g/mol. The fourth-order valence-electron chi connectivity index (χ4n) is 1.24. The molecule has 0 bridgehead atoms. The molecular weight excluding hydrogens is 192 g/mol. The smallest absolute Gasteiger partial charge is 0.133 e. The number of aryl methyl sites for hydroxylation is 1. The summed E-state index contributed by atoms with van der Waals surface area (Å²) in [5.74, 6) is 0.825. The normalized spacial score (nSPS) is 10.5. The van der Waals surface area contributed by atoms with Gasteiger partial charge in [-0.15, -0.1) is 0 Å². The second-order valence-corrected chi connectivity index (χ2v) is 3.23. The lowest BCUT2D eigenvalue weighted by molar-refractivity contribution is 0.388. The number of aromatic nitrogens is 3. The van der Waals surface area contributed by atoms with E-state index >= 15 is 0 Å². The fourth-order valence-corrected chi connectivity index (χ4v) is 1.24. The Kier molecular flexibility index (Phi) is 3.04. The first-order chi connectivity index (χ1) is 7.34. The molecule has 0 fully saturated rings. The zero-order valence-corrected chi connectivity index (χ0v) is 8.47. The standard InChI is InChI=1S/C10H12N4O/c1-8-4-9(14-15-8)5-12-7-10-6-11-2-3-13-10/h2-4,6,12H,5,7H2,1H3. The molecule has 15 heavy (non-hydrogen) atoms. The van der Waals surface area contributed by atoms with Gasteiger partial charge in [-0.3, -0.25) is 9.97 Å². The Morgan fingerprint density at radius 3 is 2.80 bits per heavy atom. The molecule has 0 saturated heterocycles. The van der Waals surface area contributed by atoms with Crippen molar-refractivity contribution >= 4 is 0 Å². The van der Waals surface area contributed by atoms with Crippen LogP contribution >= 0.6 is 0 Å². The van der Waals surface area contributed by atoms with Crippen molar-refractivity contribution in [1.29, 1.82) is 0 Å². The molecule has 0 saturated carbocycles. The van der Waals surface area contributed by atoms with E-state index in [1.54, 1.807) is 18.6 Å². The zero-order chi connectivity index (χ0) is 10.5. The number of nitrogens with one attached hydrogen (secondary N) is 1. The topological polar surface area (TPSA) is 63.8 Å². The fraction of sp³-hybridized carbons (Fsp3) is 0.300. The van der Waals surface area contributed by atoms with Crippen LogP contribution in [0.3, 0.4) is 0 Å². The summed E-state index contributed by atoms with van der Waals surface area (Å²) in [6.07, 6.45) is 5.07. The van der Waals surface area contributed by atoms with Crippen LogP contribution in [0, 0.1) is 6.92 Å². The second-order valence-electron chi connectivity index (χ2n) is 3.23. The average Bonchev–Trinajstić information content (AvgIpc) is 2.66. The third kappa shape index (κ3) is 2.85. The predicted molar refractivity (Wildman–Crippen MR) is 53.8 cm³/mol. The van der Waals surface area contributed by atoms with E-state index in [4.69, 9.17) is 4.52 Å². The van der Waals surface area contributed by atoms with E-state index in [1.807, 2.05) is 13.0 Å². The summed E-state index contributed by atoms with van der Waals surface area (Å²) in [7, 11) is 0. The van der Waals surface area contributed by atoms with Gasteiger partial charge in [-0.1, -0.05) is 5.16 Å². The van der Waals surface area contributed by atoms with Crippen molar-refractivity contribution < 1.29 is 4.52 Å². The van der Waals surface area contributed by atoms with E-state index < -0.39 is 0 Å². The molecule has 0 radical (unpaired) electrons. The monoisotopic (exact) mass is 204 g/mol. The summed E-state index contributed by atoms with van der Waals surface area (Å²) in [6.45, 7) is 3.23. The largest absolute Gasteiger partial charge is 0.361 e. The van der Waals surface area contributed by atoms with Crippen molar-refractivity contribution in [3.8, 4) is 0 Å². The zero-order valence-electron chi connectivity index (χ0n) is 8.47. The van der Waals surface area contributed by atoms with Crippen LogP contribution in [-0.2, 0) is 13.1 Å². The van der Waals surface area contributed by atoms with Crippen molar-refractivity contribution in [3.63, 3.8) is 0 Å². The minimum atomic E-state index is 0.675. The van der Waals surface area contributed by atoms with Gasteiger partial charge in [0.05, 0.1) is 11.4 Å². The minimum Gasteiger partial charge on any atom is -0.361 e. The van der Waals surface area contributed by atoms with Crippen LogP contribution in [-0.4, -0.2) is 15.1 Å². The second kappa shape index (κ2) is 4.65. The third-order valence-corrected chi connectivity index (χ3v) is 1.91. The van der Waals surface area contributed by atoms with Crippen LogP contribution in [0.4, 0.5) is 0 Å². The molecular formula is C10H12N4O. The molecule has 0 spiro atoms. The summed E-state index contributed by atoms with van der Waals surface area (Å²) >= 11 is 0. The number of hydrogen-bond acceptors (Lipinski definition) is 5. The van der Waals surface area contributed by atoms with Crippen molar-refractivity contribution in [2.24, 2.45) is 0 Å². The minimum absolute atomic E-state index is 0.675. The first-order valence-corrected chi connectivity index (χ1v) is 4.72. The van der Waals surface area contributed by atoms with Gasteiger partial charge in [0.15, 0.2) is 0 Å². The highest BCUT2D eigenvalue weighted by Crippen LogP contribution is 2.00. The summed E-state index contributed by atoms with van der Waals surface area (Å²) in [5.41, 5.74) is 1.81. The maximum atomic E-state index is 4.95. The lowest BCUT2D eigenvalue weighted by atomic mass is 10.3. The van der Waals surface area contributed by atoms with Crippen LogP contribution in [0.25, 0.3) is 0 Å². The molecule has 0 atom stereocenters. The summed E-state index contributed by atoms with van der Waals surface area (Å²) in [5, 5.41) is 7.08. The maximum absolute atomic E-state index is 4.95. The van der Waals surface area contributed by atoms with Gasteiger partial charge in [-0.05, 0) is 6.92 Å². The Hall–Kier alpha value is -1.75. The highest BCUT2D eigenvalue weighted by atomic mass is 16.5. The Morgan fingerprint density at radius 1 is 1.27 bits per heavy atom. The third-order valence-electron chi connectivity index (χ3n) is 1.91. The van der Waals surface area contributed by atoms with E-state index in [9.17, 15) is 0 Å². The molecule has 2 rings (SSSR count). The summed E-state index contributed by atoms with van der Waals surface area (Å²) in [6, 6.07) is 1.91. The highest BCUT2D eigenvalue weighted by Gasteiger charge is 1.99. The van der Waals surface area contributed by atoms with E-state index in [0.717, 1.165) is 17.1 Å². The highest BCUT2D eigenvalue weighted by molar-refractivity contribution is 5.03. The Morgan fingerprint density at radius 2 is 2.13 bits per heavy atom. The molecule has 5 heteroatoms. The van der Waals surface area contributed by atoms with Crippen molar-refractivity contribution in [2.75, 3.05) is 0 Å². The maximum Gasteiger partial charge on any atom is 0.133 e. The van der Waals surface area contributed by atoms with Crippen LogP contribution in [0.2, 0.25) is 0 Å². The predicted octanol–water partition coefficient (Wildman–Crippen LogP) is 1.06. The van der Waals surface area contributed by atoms with Gasteiger partial charge in [0.1, 0.15) is 5.76 Å². The van der Waals surface area contributed by atoms with Gasteiger partial charge in [0.2, 0.25) is 0 Å². The number of rotatable bonds is 4. The molecule has 1 N–H and O–H groups in total. The molecule has 0 unspecified atom stereocenters. The summed E-state index contributed by atoms with van der Waals surface area (Å²) in [4.78, 5) is 8.12. The van der Waals surface area contributed by atoms with Crippen LogP contribution in [0.5, 0.6) is 0 Å². The van der Waals surface area contributed by atoms with E-state index in [-0.39, 0.29) is 0 Å². The SMILES string of the molecule is Cc1cc(CNCc2cnccn2)no1. The van der Waals surface area contributed by atoms with Crippen molar-refractivity contribution in [2.45, 2.75) is 20.0 Å². The number of nitrogens with zero attached hydrogens (tertiary/aromatic N) is 3. The lowest BCUT2D eigenvalue weighted by Crippen LogP contribution is -2.13. The van der Waals surface area contributed by atoms with Gasteiger partial charge in [0.25, 0.3) is 0 Å². The molecule has 0 amide bonds. The molecule has 0 aliphatic rings. The van der Waals surface area contributed by atoms with Crippen LogP contribution in [0.15, 0.2) is 29.2 Å². The van der Waals surface area contributed by atoms with E-state index in [0.29, 0.717) is 13.1 Å². The molecule has 2 aromatic rings. The molecule has 0 aliphatic heterocycles. The molecule has 2 aromatic heterocycles. The molecule has 0 aliphatic carbocycles. The van der Waals surface area contributed by atoms with E-state index in [1.165, 1.54) is 0 Å². The molecule has 5 nitrogen and oxygen atoms in total. The number of hydrogen-bond donors (Lipinski definition) is 1. The lowest BCUT2D eigenvalue weighted by Gasteiger charge is -2.00. The van der Waals surface area contributed by atoms with Gasteiger partial charge in [-0.25, -0.2) is 0 Å². The Labute approximate surface area is 87.5 Å². The molecule has 0 aromatic carbocycles. The van der Waals surface area contributed by atoms with Gasteiger partial charge < -0.3 is 9.84 Å². The van der Waals surface area contributed by atoms with Crippen LogP contribution in [0.1, 0.15) is 17.1 Å². The summed E-state index contributed by atoms with van der Waals surface area (Å²) < 4.78 is 4.95. The first kappa shape index (κ1) is 9.79. The first-order valence-electron chi connectivity index (χ1n) is 4.72. The quantitative estimate of drug-likeness (QED) is 0.806. The van der Waals surface area contributed by atoms with Gasteiger partial charge >= 0.3 is 0 Å². The van der Waals surface area contributed by atoms with Gasteiger partial charge in [-0.2, -0.15) is 0 Å². The molecule has 78 valence electrons. The van der Waals surface area contributed by atoms with Crippen molar-refractivity contribution in [3.05, 3.63) is 41.8 Å². The van der Waals surface area contributed by atoms with E-state index in [2.05, 4.69) is 20.4 Å². The van der Waals surface area contributed by atoms with Crippen LogP contribution < -0.4 is 5.32 Å². The Bertz CT molecular complexity index is 412. The van der Waals surface area contributed by atoms with Crippen molar-refractivity contribution in [1.82, 2.24) is 20.4 Å². The van der Waals surface area contributed by atoms with Gasteiger partial charge in [0, 0.05) is 37.7 Å². The Balaban J connectivity index is 1.80.